The maximum Gasteiger partial charge on any atom is 0.252 e. The minimum atomic E-state index is -0.804. The summed E-state index contributed by atoms with van der Waals surface area (Å²) in [6.07, 6.45) is 4.10. The number of likely N-dealkylation sites (tertiary alicyclic amines) is 1. The van der Waals surface area contributed by atoms with Crippen LogP contribution in [0.3, 0.4) is 0 Å². The first-order valence-electron chi connectivity index (χ1n) is 11.1. The lowest BCUT2D eigenvalue weighted by Crippen LogP contribution is -2.53. The van der Waals surface area contributed by atoms with Crippen molar-refractivity contribution >= 4 is 5.91 Å². The Kier molecular flexibility index (Phi) is 6.58. The fraction of sp³-hybridized carbons (Fsp3) is 0.480. The number of methoxy groups -OCH3 is 1. The molecule has 2 aliphatic heterocycles. The monoisotopic (exact) mass is 426 g/mol. The molecule has 5 nitrogen and oxygen atoms in total. The molecule has 1 atom stereocenters. The van der Waals surface area contributed by atoms with Crippen LogP contribution in [0.2, 0.25) is 0 Å². The molecule has 6 heteroatoms. The van der Waals surface area contributed by atoms with Gasteiger partial charge in [0.05, 0.1) is 7.11 Å². The number of nitrogens with one attached hydrogen (secondary N) is 1. The zero-order valence-corrected chi connectivity index (χ0v) is 18.3. The molecular formula is C25H31FN2O3. The quantitative estimate of drug-likeness (QED) is 0.763. The van der Waals surface area contributed by atoms with E-state index in [9.17, 15) is 9.18 Å². The van der Waals surface area contributed by atoms with Gasteiger partial charge in [-0.2, -0.15) is 0 Å². The van der Waals surface area contributed by atoms with Gasteiger partial charge in [-0.3, -0.25) is 4.79 Å². The summed E-state index contributed by atoms with van der Waals surface area (Å²) in [4.78, 5) is 15.5. The van der Waals surface area contributed by atoms with E-state index in [1.165, 1.54) is 12.1 Å². The van der Waals surface area contributed by atoms with Gasteiger partial charge in [-0.15, -0.1) is 0 Å². The van der Waals surface area contributed by atoms with Gasteiger partial charge < -0.3 is 19.7 Å². The molecule has 2 aliphatic rings. The van der Waals surface area contributed by atoms with Crippen LogP contribution in [0.5, 0.6) is 5.75 Å². The fourth-order valence-corrected chi connectivity index (χ4v) is 4.60. The maximum absolute atomic E-state index is 13.8. The minimum Gasteiger partial charge on any atom is -0.496 e. The number of hydrogen-bond acceptors (Lipinski definition) is 4. The third kappa shape index (κ3) is 4.91. The molecule has 0 bridgehead atoms. The molecule has 0 spiro atoms. The average molecular weight is 427 g/mol. The van der Waals surface area contributed by atoms with E-state index < -0.39 is 5.60 Å². The summed E-state index contributed by atoms with van der Waals surface area (Å²) in [5, 5.41) is 3.25. The second kappa shape index (κ2) is 9.37. The molecule has 2 fully saturated rings. The Balaban J connectivity index is 1.48. The maximum atomic E-state index is 13.8. The Bertz CT molecular complexity index is 901. The van der Waals surface area contributed by atoms with Crippen LogP contribution >= 0.6 is 0 Å². The van der Waals surface area contributed by atoms with E-state index in [1.807, 2.05) is 24.3 Å². The third-order valence-corrected chi connectivity index (χ3v) is 6.49. The van der Waals surface area contributed by atoms with E-state index in [0.717, 1.165) is 49.9 Å². The predicted octanol–water partition coefficient (Wildman–Crippen LogP) is 3.80. The first kappa shape index (κ1) is 21.8. The van der Waals surface area contributed by atoms with Crippen LogP contribution in [0.4, 0.5) is 4.39 Å². The highest BCUT2D eigenvalue weighted by atomic mass is 19.1. The van der Waals surface area contributed by atoms with Crippen LogP contribution in [-0.2, 0) is 16.0 Å². The molecule has 2 aromatic rings. The zero-order valence-electron chi connectivity index (χ0n) is 18.3. The number of hydrogen-bond donors (Lipinski definition) is 1. The van der Waals surface area contributed by atoms with Crippen molar-refractivity contribution in [3.63, 3.8) is 0 Å². The van der Waals surface area contributed by atoms with E-state index >= 15 is 0 Å². The Labute approximate surface area is 183 Å². The highest BCUT2D eigenvalue weighted by Crippen LogP contribution is 2.33. The molecule has 1 N–H and O–H groups in total. The molecule has 2 heterocycles. The van der Waals surface area contributed by atoms with Crippen molar-refractivity contribution in [3.05, 3.63) is 53.8 Å². The van der Waals surface area contributed by atoms with Gasteiger partial charge in [0.15, 0.2) is 5.60 Å². The first-order chi connectivity index (χ1) is 15.0. The summed E-state index contributed by atoms with van der Waals surface area (Å²) in [7, 11) is 3.69. The SMILES string of the molecule is COc1ccc(F)cc1-c1ccc(CC2(C(=O)NC3CCN(C)CC3)CCCO2)cc1. The Morgan fingerprint density at radius 2 is 1.97 bits per heavy atom. The highest BCUT2D eigenvalue weighted by Gasteiger charge is 2.43. The summed E-state index contributed by atoms with van der Waals surface area (Å²) in [6.45, 7) is 2.62. The van der Waals surface area contributed by atoms with Crippen LogP contribution in [0.15, 0.2) is 42.5 Å². The van der Waals surface area contributed by atoms with Crippen molar-refractivity contribution in [2.24, 2.45) is 0 Å². The number of carbonyl (C=O) groups excluding carboxylic acids is 1. The van der Waals surface area contributed by atoms with E-state index in [0.29, 0.717) is 24.3 Å². The Morgan fingerprint density at radius 1 is 1.23 bits per heavy atom. The van der Waals surface area contributed by atoms with Crippen LogP contribution in [0, 0.1) is 5.82 Å². The molecule has 2 aromatic carbocycles. The van der Waals surface area contributed by atoms with Gasteiger partial charge in [0, 0.05) is 24.6 Å². The molecule has 0 saturated carbocycles. The number of amides is 1. The number of ether oxygens (including phenoxy) is 2. The lowest BCUT2D eigenvalue weighted by atomic mass is 9.89. The van der Waals surface area contributed by atoms with Gasteiger partial charge in [0.25, 0.3) is 5.91 Å². The van der Waals surface area contributed by atoms with Gasteiger partial charge in [-0.25, -0.2) is 4.39 Å². The molecule has 2 saturated heterocycles. The average Bonchev–Trinajstić information content (AvgIpc) is 3.26. The lowest BCUT2D eigenvalue weighted by molar-refractivity contribution is -0.142. The van der Waals surface area contributed by atoms with Crippen LogP contribution < -0.4 is 10.1 Å². The minimum absolute atomic E-state index is 0.00966. The molecule has 0 aromatic heterocycles. The van der Waals surface area contributed by atoms with Crippen molar-refractivity contribution in [1.29, 1.82) is 0 Å². The molecule has 0 aliphatic carbocycles. The topological polar surface area (TPSA) is 50.8 Å². The Hall–Kier alpha value is -2.44. The van der Waals surface area contributed by atoms with E-state index in [1.54, 1.807) is 13.2 Å². The van der Waals surface area contributed by atoms with E-state index in [2.05, 4.69) is 17.3 Å². The normalized spacial score (nSPS) is 22.4. The molecule has 1 amide bonds. The molecule has 31 heavy (non-hydrogen) atoms. The van der Waals surface area contributed by atoms with Crippen molar-refractivity contribution in [3.8, 4) is 16.9 Å². The number of carbonyl (C=O) groups is 1. The zero-order chi connectivity index (χ0) is 21.8. The Morgan fingerprint density at radius 3 is 2.61 bits per heavy atom. The number of rotatable bonds is 6. The number of nitrogens with zero attached hydrogens (tertiary/aromatic N) is 1. The van der Waals surface area contributed by atoms with Crippen LogP contribution in [0.1, 0.15) is 31.2 Å². The number of piperidine rings is 1. The van der Waals surface area contributed by atoms with Crippen molar-refractivity contribution in [2.45, 2.75) is 43.7 Å². The first-order valence-corrected chi connectivity index (χ1v) is 11.1. The molecular weight excluding hydrogens is 395 g/mol. The molecule has 4 rings (SSSR count). The summed E-state index contributed by atoms with van der Waals surface area (Å²) < 4.78 is 25.2. The van der Waals surface area contributed by atoms with Crippen molar-refractivity contribution in [1.82, 2.24) is 10.2 Å². The van der Waals surface area contributed by atoms with Gasteiger partial charge in [0.2, 0.25) is 0 Å². The summed E-state index contributed by atoms with van der Waals surface area (Å²) >= 11 is 0. The van der Waals surface area contributed by atoms with Gasteiger partial charge in [0.1, 0.15) is 11.6 Å². The van der Waals surface area contributed by atoms with Gasteiger partial charge in [-0.1, -0.05) is 24.3 Å². The number of halogens is 1. The standard InChI is InChI=1S/C25H31FN2O3/c1-28-13-10-21(11-14-28)27-24(29)25(12-3-15-31-25)17-18-4-6-19(7-5-18)22-16-20(26)8-9-23(22)30-2/h4-9,16,21H,3,10-15,17H2,1-2H3,(H,27,29). The lowest BCUT2D eigenvalue weighted by Gasteiger charge is -2.33. The largest absolute Gasteiger partial charge is 0.496 e. The predicted molar refractivity (Wildman–Crippen MR) is 119 cm³/mol. The second-order valence-electron chi connectivity index (χ2n) is 8.72. The van der Waals surface area contributed by atoms with Crippen molar-refractivity contribution < 1.29 is 18.7 Å². The summed E-state index contributed by atoms with van der Waals surface area (Å²) in [5.74, 6) is 0.335. The van der Waals surface area contributed by atoms with E-state index in [4.69, 9.17) is 9.47 Å². The fourth-order valence-electron chi connectivity index (χ4n) is 4.60. The second-order valence-corrected chi connectivity index (χ2v) is 8.72. The third-order valence-electron chi connectivity index (χ3n) is 6.49. The smallest absolute Gasteiger partial charge is 0.252 e. The summed E-state index contributed by atoms with van der Waals surface area (Å²) in [5.41, 5.74) is 1.80. The molecule has 0 radical (unpaired) electrons. The van der Waals surface area contributed by atoms with Gasteiger partial charge >= 0.3 is 0 Å². The number of benzene rings is 2. The van der Waals surface area contributed by atoms with E-state index in [-0.39, 0.29) is 17.8 Å². The highest BCUT2D eigenvalue weighted by molar-refractivity contribution is 5.86. The van der Waals surface area contributed by atoms with Crippen LogP contribution in [-0.4, -0.2) is 56.3 Å². The van der Waals surface area contributed by atoms with Crippen LogP contribution in [0.25, 0.3) is 11.1 Å². The van der Waals surface area contributed by atoms with Crippen molar-refractivity contribution in [2.75, 3.05) is 33.9 Å². The van der Waals surface area contributed by atoms with Gasteiger partial charge in [-0.05, 0) is 75.1 Å². The molecule has 1 unspecified atom stereocenters. The molecule has 166 valence electrons. The summed E-state index contributed by atoms with van der Waals surface area (Å²) in [6, 6.07) is 12.6.